The number of hydrogen-bond acceptors (Lipinski definition) is 4. The first kappa shape index (κ1) is 17.5. The van der Waals surface area contributed by atoms with E-state index in [1.807, 2.05) is 35.0 Å². The molecule has 3 rings (SSSR count). The summed E-state index contributed by atoms with van der Waals surface area (Å²) in [4.78, 5) is 21.2. The van der Waals surface area contributed by atoms with Crippen molar-refractivity contribution < 1.29 is 4.79 Å². The molecule has 5 nitrogen and oxygen atoms in total. The van der Waals surface area contributed by atoms with E-state index in [9.17, 15) is 4.79 Å². The average molecular weight is 349 g/mol. The molecule has 0 bridgehead atoms. The summed E-state index contributed by atoms with van der Waals surface area (Å²) in [5.41, 5.74) is 1.10. The van der Waals surface area contributed by atoms with Gasteiger partial charge in [0.05, 0.1) is 5.69 Å². The molecule has 0 spiro atoms. The molecule has 1 aliphatic heterocycles. The second-order valence-electron chi connectivity index (χ2n) is 6.76. The molecule has 132 valence electrons. The zero-order chi connectivity index (χ0) is 16.8. The maximum absolute atomic E-state index is 12.5. The summed E-state index contributed by atoms with van der Waals surface area (Å²) in [7, 11) is 0. The van der Waals surface area contributed by atoms with Crippen molar-refractivity contribution >= 4 is 17.8 Å². The third-order valence-electron chi connectivity index (χ3n) is 5.06. The van der Waals surface area contributed by atoms with Gasteiger partial charge in [-0.3, -0.25) is 9.88 Å². The molecule has 0 radical (unpaired) electrons. The Morgan fingerprint density at radius 1 is 1.29 bits per heavy atom. The lowest BCUT2D eigenvalue weighted by molar-refractivity contribution is 0.131. The van der Waals surface area contributed by atoms with Crippen molar-refractivity contribution in [3.05, 3.63) is 30.1 Å². The first-order valence-electron chi connectivity index (χ1n) is 8.95. The van der Waals surface area contributed by atoms with Crippen molar-refractivity contribution in [3.8, 4) is 0 Å². The van der Waals surface area contributed by atoms with Gasteiger partial charge in [-0.2, -0.15) is 11.8 Å². The first-order valence-corrected chi connectivity index (χ1v) is 10.2. The van der Waals surface area contributed by atoms with E-state index in [4.69, 9.17) is 0 Å². The van der Waals surface area contributed by atoms with Crippen molar-refractivity contribution in [2.45, 2.75) is 43.5 Å². The van der Waals surface area contributed by atoms with Gasteiger partial charge in [-0.05, 0) is 37.7 Å². The second-order valence-corrected chi connectivity index (χ2v) is 7.89. The van der Waals surface area contributed by atoms with E-state index in [0.29, 0.717) is 11.3 Å². The van der Waals surface area contributed by atoms with Gasteiger partial charge in [0.1, 0.15) is 0 Å². The molecular formula is C18H28N4OS. The Morgan fingerprint density at radius 3 is 2.83 bits per heavy atom. The Morgan fingerprint density at radius 2 is 2.12 bits per heavy atom. The molecule has 1 aromatic heterocycles. The summed E-state index contributed by atoms with van der Waals surface area (Å²) in [6.45, 7) is 4.31. The van der Waals surface area contributed by atoms with E-state index >= 15 is 0 Å². The van der Waals surface area contributed by atoms with E-state index in [1.54, 1.807) is 0 Å². The van der Waals surface area contributed by atoms with Gasteiger partial charge in [0.25, 0.3) is 0 Å². The molecular weight excluding hydrogens is 320 g/mol. The van der Waals surface area contributed by atoms with Gasteiger partial charge < -0.3 is 10.2 Å². The summed E-state index contributed by atoms with van der Waals surface area (Å²) in [6.07, 6.45) is 8.78. The topological polar surface area (TPSA) is 48.5 Å². The number of urea groups is 1. The molecule has 2 heterocycles. The van der Waals surface area contributed by atoms with Crippen LogP contribution in [-0.2, 0) is 6.54 Å². The van der Waals surface area contributed by atoms with Gasteiger partial charge in [0.2, 0.25) is 0 Å². The third-order valence-corrected chi connectivity index (χ3v) is 6.15. The molecule has 1 aromatic rings. The Labute approximate surface area is 149 Å². The average Bonchev–Trinajstić information content (AvgIpc) is 2.63. The van der Waals surface area contributed by atoms with Crippen LogP contribution in [0.1, 0.15) is 31.4 Å². The van der Waals surface area contributed by atoms with E-state index in [1.165, 1.54) is 12.8 Å². The summed E-state index contributed by atoms with van der Waals surface area (Å²) >= 11 is 1.94. The van der Waals surface area contributed by atoms with E-state index < -0.39 is 0 Å². The fraction of sp³-hybridized carbons (Fsp3) is 0.667. The van der Waals surface area contributed by atoms with E-state index in [2.05, 4.69) is 27.5 Å². The molecule has 2 amide bonds. The lowest BCUT2D eigenvalue weighted by atomic mass is 9.95. The van der Waals surface area contributed by atoms with Crippen molar-refractivity contribution in [3.63, 3.8) is 0 Å². The van der Waals surface area contributed by atoms with Gasteiger partial charge in [0, 0.05) is 50.2 Å². The number of pyridine rings is 1. The zero-order valence-electron chi connectivity index (χ0n) is 14.5. The van der Waals surface area contributed by atoms with Crippen LogP contribution in [0.5, 0.6) is 0 Å². The second kappa shape index (κ2) is 8.72. The maximum atomic E-state index is 12.5. The lowest BCUT2D eigenvalue weighted by Crippen LogP contribution is -2.53. The minimum absolute atomic E-state index is 0.124. The van der Waals surface area contributed by atoms with Crippen LogP contribution in [0.2, 0.25) is 0 Å². The number of thioether (sulfide) groups is 1. The van der Waals surface area contributed by atoms with Crippen LogP contribution in [0.3, 0.4) is 0 Å². The molecule has 2 atom stereocenters. The molecule has 1 N–H and O–H groups in total. The van der Waals surface area contributed by atoms with Gasteiger partial charge in [-0.15, -0.1) is 0 Å². The number of piperazine rings is 1. The summed E-state index contributed by atoms with van der Waals surface area (Å²) < 4.78 is 0. The Kier molecular flexibility index (Phi) is 6.37. The highest BCUT2D eigenvalue weighted by atomic mass is 32.2. The van der Waals surface area contributed by atoms with Crippen LogP contribution in [0.15, 0.2) is 24.4 Å². The molecule has 1 saturated heterocycles. The molecule has 2 fully saturated rings. The predicted molar refractivity (Wildman–Crippen MR) is 99.2 cm³/mol. The maximum Gasteiger partial charge on any atom is 0.317 e. The lowest BCUT2D eigenvalue weighted by Gasteiger charge is -2.36. The first-order chi connectivity index (χ1) is 11.7. The van der Waals surface area contributed by atoms with Gasteiger partial charge >= 0.3 is 6.03 Å². The molecule has 0 unspecified atom stereocenters. The number of nitrogens with one attached hydrogen (secondary N) is 1. The number of hydrogen-bond donors (Lipinski definition) is 1. The number of rotatable bonds is 4. The minimum atomic E-state index is 0.124. The quantitative estimate of drug-likeness (QED) is 0.909. The third kappa shape index (κ3) is 4.86. The standard InChI is InChI=1S/C18H28N4OS/c1-24-17-7-4-6-15(13-17)20-18(23)22-11-9-21(10-12-22)14-16-5-2-3-8-19-16/h2-3,5,8,15,17H,4,6-7,9-14H2,1H3,(H,20,23)/t15-,17+/m1/s1. The summed E-state index contributed by atoms with van der Waals surface area (Å²) in [5.74, 6) is 0. The van der Waals surface area contributed by atoms with Gasteiger partial charge in [0.15, 0.2) is 0 Å². The van der Waals surface area contributed by atoms with Crippen molar-refractivity contribution in [1.29, 1.82) is 0 Å². The molecule has 2 aliphatic rings. The molecule has 1 saturated carbocycles. The van der Waals surface area contributed by atoms with Crippen LogP contribution in [0.25, 0.3) is 0 Å². The van der Waals surface area contributed by atoms with Gasteiger partial charge in [-0.25, -0.2) is 4.79 Å². The highest BCUT2D eigenvalue weighted by molar-refractivity contribution is 7.99. The largest absolute Gasteiger partial charge is 0.335 e. The van der Waals surface area contributed by atoms with E-state index in [-0.39, 0.29) is 6.03 Å². The number of nitrogens with zero attached hydrogens (tertiary/aromatic N) is 3. The monoisotopic (exact) mass is 348 g/mol. The number of amides is 2. The minimum Gasteiger partial charge on any atom is -0.335 e. The van der Waals surface area contributed by atoms with Crippen LogP contribution < -0.4 is 5.32 Å². The summed E-state index contributed by atoms with van der Waals surface area (Å²) in [5, 5.41) is 3.97. The SMILES string of the molecule is CS[C@H]1CCC[C@@H](NC(=O)N2CCN(Cc3ccccn3)CC2)C1. The van der Waals surface area contributed by atoms with Crippen molar-refractivity contribution in [1.82, 2.24) is 20.1 Å². The van der Waals surface area contributed by atoms with Crippen LogP contribution in [0, 0.1) is 0 Å². The Balaban J connectivity index is 1.42. The molecule has 0 aromatic carbocycles. The van der Waals surface area contributed by atoms with Crippen LogP contribution >= 0.6 is 11.8 Å². The Bertz CT molecular complexity index is 519. The fourth-order valence-corrected chi connectivity index (χ4v) is 4.41. The van der Waals surface area contributed by atoms with E-state index in [0.717, 1.165) is 51.3 Å². The van der Waals surface area contributed by atoms with Crippen molar-refractivity contribution in [2.75, 3.05) is 32.4 Å². The molecule has 1 aliphatic carbocycles. The Hall–Kier alpha value is -1.27. The molecule has 6 heteroatoms. The highest BCUT2D eigenvalue weighted by Gasteiger charge is 2.26. The number of carbonyl (C=O) groups is 1. The van der Waals surface area contributed by atoms with Gasteiger partial charge in [-0.1, -0.05) is 12.5 Å². The fourth-order valence-electron chi connectivity index (χ4n) is 3.59. The predicted octanol–water partition coefficient (Wildman–Crippen LogP) is 2.58. The smallest absolute Gasteiger partial charge is 0.317 e. The number of aromatic nitrogens is 1. The highest BCUT2D eigenvalue weighted by Crippen LogP contribution is 2.27. The van der Waals surface area contributed by atoms with Crippen LogP contribution in [0.4, 0.5) is 4.79 Å². The normalized spacial score (nSPS) is 25.5. The van der Waals surface area contributed by atoms with Crippen molar-refractivity contribution in [2.24, 2.45) is 0 Å². The zero-order valence-corrected chi connectivity index (χ0v) is 15.3. The summed E-state index contributed by atoms with van der Waals surface area (Å²) in [6, 6.07) is 6.51. The number of carbonyl (C=O) groups excluding carboxylic acids is 1. The molecule has 24 heavy (non-hydrogen) atoms. The van der Waals surface area contributed by atoms with Crippen LogP contribution in [-0.4, -0.2) is 64.5 Å².